The molecule has 8 nitrogen and oxygen atoms in total. The predicted octanol–water partition coefficient (Wildman–Crippen LogP) is 3.64. The summed E-state index contributed by atoms with van der Waals surface area (Å²) in [6.45, 7) is 4.07. The highest BCUT2D eigenvalue weighted by molar-refractivity contribution is 6.00. The number of hydrogen-bond donors (Lipinski definition) is 4. The van der Waals surface area contributed by atoms with E-state index in [0.717, 1.165) is 42.4 Å². The Hall–Kier alpha value is -2.97. The van der Waals surface area contributed by atoms with E-state index in [-0.39, 0.29) is 29.9 Å². The van der Waals surface area contributed by atoms with Crippen LogP contribution in [0.3, 0.4) is 0 Å². The molecule has 4 atom stereocenters. The zero-order chi connectivity index (χ0) is 25.6. The minimum atomic E-state index is -0.628. The molecule has 5 rings (SSSR count). The van der Waals surface area contributed by atoms with Crippen molar-refractivity contribution in [2.75, 3.05) is 7.11 Å². The number of hydrogen-bond acceptors (Lipinski definition) is 5. The van der Waals surface area contributed by atoms with Crippen LogP contribution in [0.25, 0.3) is 0 Å². The average molecular weight is 493 g/mol. The zero-order valence-electron chi connectivity index (χ0n) is 21.3. The van der Waals surface area contributed by atoms with Crippen molar-refractivity contribution in [1.82, 2.24) is 15.5 Å². The number of nitrogens with zero attached hydrogens (tertiary/aromatic N) is 1. The van der Waals surface area contributed by atoms with Gasteiger partial charge >= 0.3 is 0 Å². The van der Waals surface area contributed by atoms with Crippen molar-refractivity contribution in [2.45, 2.75) is 88.6 Å². The molecule has 192 valence electrons. The van der Waals surface area contributed by atoms with Crippen LogP contribution < -0.4 is 10.6 Å². The molecule has 1 aromatic carbocycles. The van der Waals surface area contributed by atoms with Gasteiger partial charge in [0, 0.05) is 24.6 Å². The minimum absolute atomic E-state index is 0.0809. The smallest absolute Gasteiger partial charge is 0.251 e. The first-order valence-electron chi connectivity index (χ1n) is 13.0. The third-order valence-corrected chi connectivity index (χ3v) is 8.61. The molecule has 0 saturated carbocycles. The molecule has 8 heteroatoms. The number of nitrogens with one attached hydrogen (secondary N) is 3. The fourth-order valence-corrected chi connectivity index (χ4v) is 6.33. The van der Waals surface area contributed by atoms with Gasteiger partial charge in [0.25, 0.3) is 5.91 Å². The van der Waals surface area contributed by atoms with Crippen molar-refractivity contribution in [3.8, 4) is 0 Å². The number of fused-ring (bicyclic) bond motifs is 1. The number of allylic oxidation sites excluding steroid dienone is 1. The second kappa shape index (κ2) is 9.48. The van der Waals surface area contributed by atoms with E-state index in [1.807, 2.05) is 32.1 Å². The number of carbonyl (C=O) groups excluding carboxylic acids is 2. The number of methoxy groups -OCH3 is 1. The van der Waals surface area contributed by atoms with Crippen LogP contribution in [0.4, 0.5) is 0 Å². The standard InChI is InChI=1S/C28H36N4O4/c1-4-28(5-2)15-24(34)32(27(29)31-28)21-14-23(36-3)19-11-10-17(12-20(19)21)26(35)30-25-18-9-7-6-8-16(18)13-22(25)33/h7,9-12,21-23,25,33H,4-6,8,13-15H2,1-3H3,(H2,29,31)(H,30,35)/t21-,22+,23+,25+/m0/s1. The second-order valence-corrected chi connectivity index (χ2v) is 10.4. The van der Waals surface area contributed by atoms with Crippen LogP contribution in [0.5, 0.6) is 0 Å². The van der Waals surface area contributed by atoms with E-state index in [1.54, 1.807) is 13.2 Å². The highest BCUT2D eigenvalue weighted by atomic mass is 16.5. The van der Waals surface area contributed by atoms with E-state index in [9.17, 15) is 14.7 Å². The molecule has 0 bridgehead atoms. The van der Waals surface area contributed by atoms with Crippen LogP contribution >= 0.6 is 0 Å². The first-order chi connectivity index (χ1) is 17.3. The molecule has 0 aromatic heterocycles. The number of carbonyl (C=O) groups is 2. The van der Waals surface area contributed by atoms with Crippen LogP contribution in [0, 0.1) is 5.41 Å². The second-order valence-electron chi connectivity index (χ2n) is 10.4. The van der Waals surface area contributed by atoms with E-state index < -0.39 is 17.7 Å². The van der Waals surface area contributed by atoms with Crippen LogP contribution in [-0.4, -0.2) is 52.6 Å². The fraction of sp³-hybridized carbons (Fsp3) is 0.536. The van der Waals surface area contributed by atoms with Gasteiger partial charge in [-0.05, 0) is 60.9 Å². The summed E-state index contributed by atoms with van der Waals surface area (Å²) in [5, 5.41) is 25.6. The molecule has 4 N–H and O–H groups in total. The van der Waals surface area contributed by atoms with Crippen molar-refractivity contribution >= 4 is 17.8 Å². The Kier molecular flexibility index (Phi) is 6.51. The number of ether oxygens (including phenoxy) is 1. The topological polar surface area (TPSA) is 115 Å². The van der Waals surface area contributed by atoms with E-state index >= 15 is 0 Å². The lowest BCUT2D eigenvalue weighted by Crippen LogP contribution is -2.62. The molecule has 0 spiro atoms. The summed E-state index contributed by atoms with van der Waals surface area (Å²) in [5.74, 6) is -0.235. The maximum absolute atomic E-state index is 13.3. The lowest BCUT2D eigenvalue weighted by molar-refractivity contribution is -0.133. The maximum atomic E-state index is 13.3. The summed E-state index contributed by atoms with van der Waals surface area (Å²) in [5.41, 5.74) is 4.09. The van der Waals surface area contributed by atoms with Crippen molar-refractivity contribution in [3.05, 3.63) is 58.2 Å². The fourth-order valence-electron chi connectivity index (χ4n) is 6.33. The number of aliphatic hydroxyl groups is 1. The van der Waals surface area contributed by atoms with Gasteiger partial charge in [-0.3, -0.25) is 19.9 Å². The summed E-state index contributed by atoms with van der Waals surface area (Å²) in [7, 11) is 1.64. The Morgan fingerprint density at radius 3 is 2.78 bits per heavy atom. The van der Waals surface area contributed by atoms with Crippen LogP contribution in [0.2, 0.25) is 0 Å². The van der Waals surface area contributed by atoms with Gasteiger partial charge in [0.05, 0.1) is 30.7 Å². The summed E-state index contributed by atoms with van der Waals surface area (Å²) < 4.78 is 5.72. The molecule has 4 aliphatic rings. The van der Waals surface area contributed by atoms with Crippen molar-refractivity contribution in [3.63, 3.8) is 0 Å². The number of aliphatic hydroxyl groups excluding tert-OH is 1. The first-order valence-corrected chi connectivity index (χ1v) is 13.0. The third-order valence-electron chi connectivity index (χ3n) is 8.61. The van der Waals surface area contributed by atoms with Crippen molar-refractivity contribution in [1.29, 1.82) is 5.41 Å². The molecule has 2 amide bonds. The number of rotatable bonds is 6. The zero-order valence-corrected chi connectivity index (χ0v) is 21.3. The van der Waals surface area contributed by atoms with E-state index in [1.165, 1.54) is 10.5 Å². The van der Waals surface area contributed by atoms with Crippen LogP contribution in [0.15, 0.2) is 41.5 Å². The maximum Gasteiger partial charge on any atom is 0.251 e. The van der Waals surface area contributed by atoms with Gasteiger partial charge in [0.1, 0.15) is 0 Å². The molecular formula is C28H36N4O4. The predicted molar refractivity (Wildman–Crippen MR) is 136 cm³/mol. The van der Waals surface area contributed by atoms with Crippen molar-refractivity contribution < 1.29 is 19.4 Å². The van der Waals surface area contributed by atoms with Crippen molar-refractivity contribution in [2.24, 2.45) is 0 Å². The monoisotopic (exact) mass is 492 g/mol. The van der Waals surface area contributed by atoms with Gasteiger partial charge in [-0.2, -0.15) is 0 Å². The SMILES string of the molecule is CCC1(CC)CC(=O)N([C@H]2C[C@@H](OC)c3ccc(C(=O)N[C@@H]4C5=C(CCC=C5)C[C@H]4O)cc32)C(=N)N1. The molecule has 0 unspecified atom stereocenters. The summed E-state index contributed by atoms with van der Waals surface area (Å²) in [4.78, 5) is 28.2. The average Bonchev–Trinajstić information content (AvgIpc) is 3.40. The molecule has 1 aromatic rings. The summed E-state index contributed by atoms with van der Waals surface area (Å²) in [6, 6.07) is 4.69. The van der Waals surface area contributed by atoms with E-state index in [2.05, 4.69) is 16.7 Å². The quantitative estimate of drug-likeness (QED) is 0.484. The van der Waals surface area contributed by atoms with Crippen LogP contribution in [0.1, 0.15) is 92.4 Å². The van der Waals surface area contributed by atoms with Gasteiger partial charge in [-0.25, -0.2) is 0 Å². The first kappa shape index (κ1) is 24.7. The summed E-state index contributed by atoms with van der Waals surface area (Å²) >= 11 is 0. The molecule has 1 heterocycles. The van der Waals surface area contributed by atoms with E-state index in [4.69, 9.17) is 10.1 Å². The third kappa shape index (κ3) is 4.06. The normalized spacial score (nSPS) is 28.7. The van der Waals surface area contributed by atoms with E-state index in [0.29, 0.717) is 24.8 Å². The van der Waals surface area contributed by atoms with Gasteiger partial charge in [0.2, 0.25) is 5.91 Å². The number of amides is 2. The van der Waals surface area contributed by atoms with Crippen LogP contribution in [-0.2, 0) is 9.53 Å². The Morgan fingerprint density at radius 2 is 2.08 bits per heavy atom. The van der Waals surface area contributed by atoms with Gasteiger partial charge in [-0.1, -0.05) is 37.6 Å². The minimum Gasteiger partial charge on any atom is -0.390 e. The Labute approximate surface area is 212 Å². The molecule has 1 saturated heterocycles. The van der Waals surface area contributed by atoms with Gasteiger partial charge < -0.3 is 20.5 Å². The highest BCUT2D eigenvalue weighted by Gasteiger charge is 2.45. The number of benzene rings is 1. The lowest BCUT2D eigenvalue weighted by Gasteiger charge is -2.44. The summed E-state index contributed by atoms with van der Waals surface area (Å²) in [6.07, 6.45) is 8.13. The van der Waals surface area contributed by atoms with Gasteiger partial charge in [-0.15, -0.1) is 0 Å². The molecule has 0 radical (unpaired) electrons. The molecule has 3 aliphatic carbocycles. The van der Waals surface area contributed by atoms with Gasteiger partial charge in [0.15, 0.2) is 5.96 Å². The number of guanidine groups is 1. The Balaban J connectivity index is 1.41. The molecule has 36 heavy (non-hydrogen) atoms. The largest absolute Gasteiger partial charge is 0.390 e. The molecular weight excluding hydrogens is 456 g/mol. The molecule has 1 aliphatic heterocycles. The Morgan fingerprint density at radius 1 is 1.31 bits per heavy atom. The lowest BCUT2D eigenvalue weighted by atomic mass is 9.86. The Bertz CT molecular complexity index is 1130. The highest BCUT2D eigenvalue weighted by Crippen LogP contribution is 2.46. The molecule has 1 fully saturated rings.